The zero-order valence-corrected chi connectivity index (χ0v) is 20.9. The number of carbonyl (C=O) groups is 4. The van der Waals surface area contributed by atoms with Gasteiger partial charge in [-0.2, -0.15) is 0 Å². The van der Waals surface area contributed by atoms with Crippen LogP contribution in [0.5, 0.6) is 0 Å². The van der Waals surface area contributed by atoms with Crippen molar-refractivity contribution in [3.05, 3.63) is 16.1 Å². The Morgan fingerprint density at radius 3 is 2.37 bits per heavy atom. The first-order valence-electron chi connectivity index (χ1n) is 11.3. The average Bonchev–Trinajstić information content (AvgIpc) is 3.46. The summed E-state index contributed by atoms with van der Waals surface area (Å²) in [7, 11) is 1.10. The van der Waals surface area contributed by atoms with E-state index in [1.807, 2.05) is 0 Å². The van der Waals surface area contributed by atoms with E-state index < -0.39 is 54.8 Å². The maximum absolute atomic E-state index is 12.7. The molecule has 13 heteroatoms. The molecule has 3 atom stereocenters. The summed E-state index contributed by atoms with van der Waals surface area (Å²) < 4.78 is 9.83. The number of aliphatic hydroxyl groups excluding tert-OH is 2. The Labute approximate surface area is 206 Å². The van der Waals surface area contributed by atoms with Crippen LogP contribution in [0.1, 0.15) is 55.5 Å². The van der Waals surface area contributed by atoms with Crippen LogP contribution < -0.4 is 16.0 Å². The normalized spacial score (nSPS) is 24.5. The second-order valence-electron chi connectivity index (χ2n) is 9.92. The van der Waals surface area contributed by atoms with E-state index in [4.69, 9.17) is 4.74 Å². The van der Waals surface area contributed by atoms with E-state index in [2.05, 4.69) is 25.7 Å². The van der Waals surface area contributed by atoms with E-state index in [0.717, 1.165) is 25.0 Å². The van der Waals surface area contributed by atoms with Gasteiger partial charge >= 0.3 is 12.1 Å². The fourth-order valence-corrected chi connectivity index (χ4v) is 5.55. The zero-order chi connectivity index (χ0) is 26.0. The second-order valence-corrected chi connectivity index (χ2v) is 10.8. The number of hydrogen-bond acceptors (Lipinski definition) is 10. The van der Waals surface area contributed by atoms with E-state index in [0.29, 0.717) is 12.3 Å². The van der Waals surface area contributed by atoms with Gasteiger partial charge in [0.1, 0.15) is 17.3 Å². The number of amides is 3. The van der Waals surface area contributed by atoms with Gasteiger partial charge in [-0.15, -0.1) is 11.3 Å². The Morgan fingerprint density at radius 1 is 1.14 bits per heavy atom. The molecule has 3 saturated carbocycles. The highest BCUT2D eigenvalue weighted by atomic mass is 32.1. The Balaban J connectivity index is 1.58. The smallest absolute Gasteiger partial charge is 0.407 e. The number of esters is 1. The lowest BCUT2D eigenvalue weighted by Crippen LogP contribution is -2.54. The summed E-state index contributed by atoms with van der Waals surface area (Å²) in [4.78, 5) is 53.2. The number of methoxy groups -OCH3 is 1. The lowest BCUT2D eigenvalue weighted by molar-refractivity contribution is -0.146. The highest BCUT2D eigenvalue weighted by Crippen LogP contribution is 2.60. The van der Waals surface area contributed by atoms with Crippen LogP contribution in [-0.2, 0) is 24.5 Å². The SMILES string of the molecule is COC(=O)[C@H](CO)NC(=O)[C@H](CO)NC(=O)c1csc(C23CC(C2)C(NC(=O)OC(C)(C)C)C3)n1. The molecule has 1 heterocycles. The number of nitrogens with zero attached hydrogens (tertiary/aromatic N) is 1. The molecule has 2 bridgehead atoms. The first kappa shape index (κ1) is 26.8. The average molecular weight is 513 g/mol. The molecule has 12 nitrogen and oxygen atoms in total. The number of thiazole rings is 1. The first-order valence-corrected chi connectivity index (χ1v) is 12.2. The van der Waals surface area contributed by atoms with Gasteiger partial charge in [0.05, 0.1) is 25.3 Å². The molecule has 0 aliphatic heterocycles. The Kier molecular flexibility index (Phi) is 8.02. The summed E-state index contributed by atoms with van der Waals surface area (Å²) in [5.74, 6) is -2.05. The fraction of sp³-hybridized carbons (Fsp3) is 0.682. The third-order valence-corrected chi connectivity index (χ3v) is 7.26. The van der Waals surface area contributed by atoms with Crippen LogP contribution in [0.2, 0.25) is 0 Å². The van der Waals surface area contributed by atoms with E-state index in [1.165, 1.54) is 11.3 Å². The molecule has 1 aromatic heterocycles. The third-order valence-electron chi connectivity index (χ3n) is 6.17. The summed E-state index contributed by atoms with van der Waals surface area (Å²) in [5, 5.41) is 28.7. The predicted molar refractivity (Wildman–Crippen MR) is 124 cm³/mol. The van der Waals surface area contributed by atoms with E-state index >= 15 is 0 Å². The molecule has 194 valence electrons. The predicted octanol–water partition coefficient (Wildman–Crippen LogP) is -0.171. The molecule has 0 spiro atoms. The topological polar surface area (TPSA) is 176 Å². The minimum absolute atomic E-state index is 0.0252. The molecule has 4 rings (SSSR count). The molecule has 3 amide bonds. The van der Waals surface area contributed by atoms with Crippen molar-refractivity contribution in [2.45, 2.75) is 69.2 Å². The summed E-state index contributed by atoms with van der Waals surface area (Å²) in [6, 6.07) is -2.70. The van der Waals surface area contributed by atoms with Gasteiger partial charge in [0.25, 0.3) is 5.91 Å². The number of rotatable bonds is 9. The third kappa shape index (κ3) is 6.08. The maximum Gasteiger partial charge on any atom is 0.407 e. The molecule has 3 aliphatic carbocycles. The standard InChI is InChI=1S/C22H32N4O8S/c1-21(2,3)34-20(32)26-12-7-22(5-11(12)6-22)19-25-15(10-35-19)17(30)23-13(8-27)16(29)24-14(9-28)18(31)33-4/h10-14,27-28H,5-9H2,1-4H3,(H,23,30)(H,24,29)(H,26,32)/t11?,12?,13-,14-,22?/m0/s1. The molecule has 0 saturated heterocycles. The minimum Gasteiger partial charge on any atom is -0.467 e. The van der Waals surface area contributed by atoms with Gasteiger partial charge in [0.2, 0.25) is 5.91 Å². The lowest BCUT2D eigenvalue weighted by atomic mass is 9.70. The van der Waals surface area contributed by atoms with Gasteiger partial charge in [0.15, 0.2) is 6.04 Å². The van der Waals surface area contributed by atoms with Crippen molar-refractivity contribution in [3.8, 4) is 0 Å². The summed E-state index contributed by atoms with van der Waals surface area (Å²) in [6.07, 6.45) is 1.94. The van der Waals surface area contributed by atoms with Gasteiger partial charge in [-0.25, -0.2) is 14.6 Å². The number of carbonyl (C=O) groups excluding carboxylic acids is 4. The number of ether oxygens (including phenoxy) is 2. The molecule has 3 aliphatic rings. The molecule has 35 heavy (non-hydrogen) atoms. The quantitative estimate of drug-likeness (QED) is 0.281. The molecular weight excluding hydrogens is 480 g/mol. The van der Waals surface area contributed by atoms with Crippen LogP contribution in [0, 0.1) is 5.92 Å². The highest BCUT2D eigenvalue weighted by Gasteiger charge is 2.59. The first-order chi connectivity index (χ1) is 16.4. The molecular formula is C22H32N4O8S. The van der Waals surface area contributed by atoms with Crippen LogP contribution in [0.15, 0.2) is 5.38 Å². The Hall–Kier alpha value is -2.77. The maximum atomic E-state index is 12.7. The second kappa shape index (κ2) is 10.5. The van der Waals surface area contributed by atoms with Gasteiger partial charge < -0.3 is 35.6 Å². The van der Waals surface area contributed by atoms with Crippen molar-refractivity contribution in [3.63, 3.8) is 0 Å². The number of hydrogen-bond donors (Lipinski definition) is 5. The van der Waals surface area contributed by atoms with Crippen molar-refractivity contribution < 1.29 is 38.9 Å². The van der Waals surface area contributed by atoms with Crippen LogP contribution >= 0.6 is 11.3 Å². The van der Waals surface area contributed by atoms with Crippen LogP contribution in [0.3, 0.4) is 0 Å². The highest BCUT2D eigenvalue weighted by molar-refractivity contribution is 7.10. The van der Waals surface area contributed by atoms with Crippen molar-refractivity contribution in [2.75, 3.05) is 20.3 Å². The van der Waals surface area contributed by atoms with E-state index in [-0.39, 0.29) is 17.2 Å². The number of fused-ring (bicyclic) bond motifs is 1. The molecule has 3 fully saturated rings. The summed E-state index contributed by atoms with van der Waals surface area (Å²) >= 11 is 1.33. The number of nitrogens with one attached hydrogen (secondary N) is 3. The Morgan fingerprint density at radius 2 is 1.80 bits per heavy atom. The minimum atomic E-state index is -1.36. The number of aliphatic hydroxyl groups is 2. The molecule has 0 aromatic carbocycles. The van der Waals surface area contributed by atoms with Crippen molar-refractivity contribution in [1.82, 2.24) is 20.9 Å². The number of aromatic nitrogens is 1. The summed E-state index contributed by atoms with van der Waals surface area (Å²) in [5.41, 5.74) is -0.692. The van der Waals surface area contributed by atoms with Crippen molar-refractivity contribution in [1.29, 1.82) is 0 Å². The van der Waals surface area contributed by atoms with E-state index in [9.17, 15) is 29.4 Å². The lowest BCUT2D eigenvalue weighted by Gasteiger charge is -2.36. The van der Waals surface area contributed by atoms with E-state index in [1.54, 1.807) is 26.2 Å². The zero-order valence-electron chi connectivity index (χ0n) is 20.1. The van der Waals surface area contributed by atoms with Gasteiger partial charge in [-0.05, 0) is 46.0 Å². The number of alkyl carbamates (subject to hydrolysis) is 1. The van der Waals surface area contributed by atoms with Crippen molar-refractivity contribution in [2.24, 2.45) is 5.92 Å². The molecule has 1 unspecified atom stereocenters. The van der Waals surface area contributed by atoms with Crippen LogP contribution in [0.25, 0.3) is 0 Å². The summed E-state index contributed by atoms with van der Waals surface area (Å²) in [6.45, 7) is 3.99. The molecule has 5 N–H and O–H groups in total. The Bertz CT molecular complexity index is 969. The van der Waals surface area contributed by atoms with Crippen LogP contribution in [0.4, 0.5) is 4.79 Å². The fourth-order valence-electron chi connectivity index (χ4n) is 4.51. The monoisotopic (exact) mass is 512 g/mol. The van der Waals surface area contributed by atoms with Gasteiger partial charge in [0, 0.05) is 16.8 Å². The molecule has 1 aromatic rings. The van der Waals surface area contributed by atoms with Gasteiger partial charge in [-0.1, -0.05) is 0 Å². The molecule has 0 radical (unpaired) electrons. The van der Waals surface area contributed by atoms with Gasteiger partial charge in [-0.3, -0.25) is 9.59 Å². The largest absolute Gasteiger partial charge is 0.467 e. The van der Waals surface area contributed by atoms with Crippen molar-refractivity contribution >= 4 is 35.2 Å². The van der Waals surface area contributed by atoms with Crippen LogP contribution in [-0.4, -0.2) is 83.1 Å².